The quantitative estimate of drug-likeness (QED) is 0.432. The van der Waals surface area contributed by atoms with Gasteiger partial charge in [-0.15, -0.1) is 0 Å². The van der Waals surface area contributed by atoms with E-state index in [0.29, 0.717) is 0 Å². The first-order chi connectivity index (χ1) is 14.7. The van der Waals surface area contributed by atoms with Crippen LogP contribution in [0.25, 0.3) is 0 Å². The van der Waals surface area contributed by atoms with E-state index in [-0.39, 0.29) is 23.8 Å². The monoisotopic (exact) mass is 445 g/mol. The minimum absolute atomic E-state index is 0.0336. The molecule has 31 heavy (non-hydrogen) atoms. The van der Waals surface area contributed by atoms with E-state index in [1.807, 2.05) is 36.4 Å². The van der Waals surface area contributed by atoms with Crippen molar-refractivity contribution in [1.29, 1.82) is 0 Å². The molecule has 0 radical (unpaired) electrons. The van der Waals surface area contributed by atoms with Crippen LogP contribution in [0.5, 0.6) is 0 Å². The second kappa shape index (κ2) is 11.0. The first-order valence-corrected chi connectivity index (χ1v) is 12.4. The van der Waals surface area contributed by atoms with Gasteiger partial charge in [-0.2, -0.15) is 0 Å². The molecule has 0 heterocycles. The largest absolute Gasteiger partial charge is 0.404 e. The van der Waals surface area contributed by atoms with Gasteiger partial charge < -0.3 is 14.6 Å². The van der Waals surface area contributed by atoms with Crippen LogP contribution in [0.1, 0.15) is 33.6 Å². The second-order valence-electron chi connectivity index (χ2n) is 8.75. The number of aliphatic hydroxyl groups excluding tert-OH is 2. The molecule has 2 atom stereocenters. The van der Waals surface area contributed by atoms with Crippen molar-refractivity contribution in [3.8, 4) is 0 Å². The summed E-state index contributed by atoms with van der Waals surface area (Å²) >= 11 is 0. The van der Waals surface area contributed by atoms with Gasteiger partial charge >= 0.3 is 0 Å². The smallest absolute Gasteiger partial charge is 0.261 e. The molecule has 0 fully saturated rings. The number of aliphatic hydroxyl groups is 2. The van der Waals surface area contributed by atoms with E-state index in [2.05, 4.69) is 45.0 Å². The van der Waals surface area contributed by atoms with Crippen LogP contribution in [0.2, 0.25) is 5.04 Å². The van der Waals surface area contributed by atoms with Crippen LogP contribution in [0.3, 0.4) is 0 Å². The standard InChI is InChI=1S/C24H35NO5Si/c1-24(2,3)31(21-12-8-6-9-13-21,22-14-10-7-11-15-22)30-20(16-19(27)18-26)17-23(28)25(4)29-5/h6-15,19-20,26-27H,16-18H2,1-5H3/t19-,20+/m0/s1. The van der Waals surface area contributed by atoms with Crippen molar-refractivity contribution in [2.45, 2.75) is 50.9 Å². The van der Waals surface area contributed by atoms with Gasteiger partial charge in [-0.05, 0) is 15.4 Å². The van der Waals surface area contributed by atoms with E-state index in [9.17, 15) is 15.0 Å². The van der Waals surface area contributed by atoms with Crippen molar-refractivity contribution >= 4 is 24.6 Å². The SMILES string of the molecule is CON(C)C(=O)C[C@@H](C[C@H](O)CO)O[Si](c1ccccc1)(c1ccccc1)C(C)(C)C. The average molecular weight is 446 g/mol. The van der Waals surface area contributed by atoms with Crippen LogP contribution in [0.4, 0.5) is 0 Å². The van der Waals surface area contributed by atoms with Crippen LogP contribution in [-0.4, -0.2) is 62.5 Å². The average Bonchev–Trinajstić information content (AvgIpc) is 2.76. The van der Waals surface area contributed by atoms with Crippen LogP contribution < -0.4 is 10.4 Å². The molecule has 0 unspecified atom stereocenters. The van der Waals surface area contributed by atoms with Crippen molar-refractivity contribution in [1.82, 2.24) is 5.06 Å². The summed E-state index contributed by atoms with van der Waals surface area (Å²) in [5, 5.41) is 22.7. The Hall–Kier alpha value is -2.03. The first-order valence-electron chi connectivity index (χ1n) is 10.5. The summed E-state index contributed by atoms with van der Waals surface area (Å²) in [4.78, 5) is 17.7. The van der Waals surface area contributed by atoms with E-state index >= 15 is 0 Å². The molecule has 2 aromatic rings. The van der Waals surface area contributed by atoms with Crippen molar-refractivity contribution in [3.63, 3.8) is 0 Å². The van der Waals surface area contributed by atoms with E-state index in [1.54, 1.807) is 7.05 Å². The Bertz CT molecular complexity index is 770. The highest BCUT2D eigenvalue weighted by atomic mass is 28.4. The van der Waals surface area contributed by atoms with Crippen LogP contribution in [-0.2, 0) is 14.1 Å². The number of benzene rings is 2. The molecule has 0 saturated carbocycles. The van der Waals surface area contributed by atoms with Gasteiger partial charge in [-0.1, -0.05) is 81.4 Å². The molecule has 0 bridgehead atoms. The van der Waals surface area contributed by atoms with Gasteiger partial charge in [0.2, 0.25) is 5.91 Å². The normalized spacial score (nSPS) is 14.2. The number of rotatable bonds is 10. The van der Waals surface area contributed by atoms with Gasteiger partial charge in [0.05, 0.1) is 32.3 Å². The molecule has 0 aliphatic rings. The fraction of sp³-hybridized carbons (Fsp3) is 0.458. The number of amides is 1. The summed E-state index contributed by atoms with van der Waals surface area (Å²) in [6, 6.07) is 20.2. The van der Waals surface area contributed by atoms with Gasteiger partial charge in [-0.3, -0.25) is 9.63 Å². The summed E-state index contributed by atoms with van der Waals surface area (Å²) in [6.07, 6.45) is -1.40. The molecule has 7 heteroatoms. The predicted octanol–water partition coefficient (Wildman–Crippen LogP) is 2.08. The molecule has 0 saturated heterocycles. The molecule has 0 aliphatic carbocycles. The van der Waals surface area contributed by atoms with E-state index in [1.165, 1.54) is 7.11 Å². The van der Waals surface area contributed by atoms with Crippen molar-refractivity contribution in [2.24, 2.45) is 0 Å². The Labute approximate surface area is 186 Å². The van der Waals surface area contributed by atoms with E-state index in [4.69, 9.17) is 9.26 Å². The van der Waals surface area contributed by atoms with Crippen molar-refractivity contribution < 1.29 is 24.3 Å². The van der Waals surface area contributed by atoms with Crippen LogP contribution >= 0.6 is 0 Å². The zero-order valence-corrected chi connectivity index (χ0v) is 20.1. The fourth-order valence-electron chi connectivity index (χ4n) is 3.92. The van der Waals surface area contributed by atoms with Crippen molar-refractivity contribution in [2.75, 3.05) is 20.8 Å². The summed E-state index contributed by atoms with van der Waals surface area (Å²) < 4.78 is 6.98. The maximum Gasteiger partial charge on any atom is 0.261 e. The Morgan fingerprint density at radius 3 is 1.90 bits per heavy atom. The lowest BCUT2D eigenvalue weighted by molar-refractivity contribution is -0.170. The second-order valence-corrected chi connectivity index (χ2v) is 13.0. The third-order valence-corrected chi connectivity index (χ3v) is 10.6. The van der Waals surface area contributed by atoms with Gasteiger partial charge in [0.25, 0.3) is 8.32 Å². The molecular formula is C24H35NO5Si. The summed E-state index contributed by atoms with van der Waals surface area (Å²) in [5.74, 6) is -0.254. The van der Waals surface area contributed by atoms with E-state index in [0.717, 1.165) is 15.4 Å². The minimum Gasteiger partial charge on any atom is -0.404 e. The van der Waals surface area contributed by atoms with Gasteiger partial charge in [-0.25, -0.2) is 5.06 Å². The zero-order chi connectivity index (χ0) is 23.1. The topological polar surface area (TPSA) is 79.2 Å². The fourth-order valence-corrected chi connectivity index (χ4v) is 8.61. The number of hydrogen-bond donors (Lipinski definition) is 2. The van der Waals surface area contributed by atoms with Crippen LogP contribution in [0, 0.1) is 0 Å². The molecule has 2 rings (SSSR count). The highest BCUT2D eigenvalue weighted by Crippen LogP contribution is 2.38. The van der Waals surface area contributed by atoms with Gasteiger partial charge in [0, 0.05) is 13.5 Å². The molecule has 0 aliphatic heterocycles. The van der Waals surface area contributed by atoms with E-state index < -0.39 is 27.1 Å². The lowest BCUT2D eigenvalue weighted by Gasteiger charge is -2.45. The third kappa shape index (κ3) is 6.02. The summed E-state index contributed by atoms with van der Waals surface area (Å²) in [6.45, 7) is 6.07. The summed E-state index contributed by atoms with van der Waals surface area (Å²) in [5.41, 5.74) is 0. The first kappa shape index (κ1) is 25.2. The number of nitrogens with zero attached hydrogens (tertiary/aromatic N) is 1. The Morgan fingerprint density at radius 2 is 1.52 bits per heavy atom. The molecule has 0 spiro atoms. The highest BCUT2D eigenvalue weighted by Gasteiger charge is 2.51. The number of carbonyl (C=O) groups excluding carboxylic acids is 1. The number of hydroxylamine groups is 2. The molecule has 2 N–H and O–H groups in total. The molecule has 1 amide bonds. The number of hydrogen-bond acceptors (Lipinski definition) is 5. The Morgan fingerprint density at radius 1 is 1.03 bits per heavy atom. The Kier molecular flexibility index (Phi) is 8.97. The Balaban J connectivity index is 2.61. The maximum atomic E-state index is 12.7. The highest BCUT2D eigenvalue weighted by molar-refractivity contribution is 6.99. The lowest BCUT2D eigenvalue weighted by atomic mass is 10.1. The summed E-state index contributed by atoms with van der Waals surface area (Å²) in [7, 11) is 0.0673. The third-order valence-electron chi connectivity index (χ3n) is 5.53. The van der Waals surface area contributed by atoms with Crippen molar-refractivity contribution in [3.05, 3.63) is 60.7 Å². The molecule has 6 nitrogen and oxygen atoms in total. The maximum absolute atomic E-state index is 12.7. The minimum atomic E-state index is -2.91. The molecule has 170 valence electrons. The van der Waals surface area contributed by atoms with Gasteiger partial charge in [0.15, 0.2) is 0 Å². The molecular weight excluding hydrogens is 410 g/mol. The zero-order valence-electron chi connectivity index (χ0n) is 19.1. The molecule has 2 aromatic carbocycles. The predicted molar refractivity (Wildman–Crippen MR) is 125 cm³/mol. The molecule has 0 aromatic heterocycles. The van der Waals surface area contributed by atoms with Gasteiger partial charge in [0.1, 0.15) is 0 Å². The number of carbonyl (C=O) groups is 1. The lowest BCUT2D eigenvalue weighted by Crippen LogP contribution is -2.68. The van der Waals surface area contributed by atoms with Crippen LogP contribution in [0.15, 0.2) is 60.7 Å².